The zero-order valence-corrected chi connectivity index (χ0v) is 12.5. The standard InChI is InChI=1S/C11H23N3O.2ClH/c1-4-9(2)14(3)8-7-13-10(15)11(12)5-6-11;;/h9H,4-8,12H2,1-3H3,(H,13,15);2*1H. The minimum absolute atomic E-state index is 0. The van der Waals surface area contributed by atoms with Crippen molar-refractivity contribution in [2.75, 3.05) is 20.1 Å². The van der Waals surface area contributed by atoms with E-state index in [1.807, 2.05) is 0 Å². The molecule has 0 radical (unpaired) electrons. The van der Waals surface area contributed by atoms with E-state index in [0.717, 1.165) is 25.8 Å². The van der Waals surface area contributed by atoms with Crippen LogP contribution in [0.2, 0.25) is 0 Å². The summed E-state index contributed by atoms with van der Waals surface area (Å²) in [6.07, 6.45) is 2.80. The molecule has 0 aromatic heterocycles. The summed E-state index contributed by atoms with van der Waals surface area (Å²) < 4.78 is 0. The van der Waals surface area contributed by atoms with Gasteiger partial charge in [0.15, 0.2) is 0 Å². The van der Waals surface area contributed by atoms with E-state index in [9.17, 15) is 4.79 Å². The molecule has 1 unspecified atom stereocenters. The number of likely N-dealkylation sites (N-methyl/N-ethyl adjacent to an activating group) is 1. The lowest BCUT2D eigenvalue weighted by Gasteiger charge is -2.23. The highest BCUT2D eigenvalue weighted by molar-refractivity contribution is 5.88. The van der Waals surface area contributed by atoms with E-state index in [-0.39, 0.29) is 30.7 Å². The topological polar surface area (TPSA) is 58.4 Å². The fourth-order valence-corrected chi connectivity index (χ4v) is 1.42. The van der Waals surface area contributed by atoms with Crippen molar-refractivity contribution in [2.45, 2.75) is 44.7 Å². The van der Waals surface area contributed by atoms with Gasteiger partial charge in [-0.15, -0.1) is 24.8 Å². The number of rotatable bonds is 6. The molecule has 0 aromatic carbocycles. The van der Waals surface area contributed by atoms with Crippen LogP contribution in [0.1, 0.15) is 33.1 Å². The van der Waals surface area contributed by atoms with E-state index >= 15 is 0 Å². The molecule has 1 aliphatic rings. The SMILES string of the molecule is CCC(C)N(C)CCNC(=O)C1(N)CC1.Cl.Cl. The summed E-state index contributed by atoms with van der Waals surface area (Å²) in [6, 6.07) is 0.565. The van der Waals surface area contributed by atoms with Gasteiger partial charge in [-0.05, 0) is 33.2 Å². The maximum absolute atomic E-state index is 11.5. The van der Waals surface area contributed by atoms with Crippen molar-refractivity contribution in [2.24, 2.45) is 5.73 Å². The highest BCUT2D eigenvalue weighted by Gasteiger charge is 2.45. The van der Waals surface area contributed by atoms with E-state index in [2.05, 4.69) is 31.1 Å². The van der Waals surface area contributed by atoms with Gasteiger partial charge in [0.05, 0.1) is 5.54 Å². The van der Waals surface area contributed by atoms with Crippen molar-refractivity contribution < 1.29 is 4.79 Å². The van der Waals surface area contributed by atoms with Crippen LogP contribution >= 0.6 is 24.8 Å². The van der Waals surface area contributed by atoms with Crippen LogP contribution in [0.3, 0.4) is 0 Å². The normalized spacial score (nSPS) is 17.7. The fraction of sp³-hybridized carbons (Fsp3) is 0.909. The molecule has 0 aromatic rings. The average Bonchev–Trinajstić information content (AvgIpc) is 2.96. The van der Waals surface area contributed by atoms with Crippen LogP contribution in [0.4, 0.5) is 0 Å². The Hall–Kier alpha value is -0.0300. The van der Waals surface area contributed by atoms with Crippen LogP contribution in [0.5, 0.6) is 0 Å². The number of hydrogen-bond acceptors (Lipinski definition) is 3. The Labute approximate surface area is 117 Å². The second-order valence-corrected chi connectivity index (χ2v) is 4.65. The summed E-state index contributed by atoms with van der Waals surface area (Å²) in [5.74, 6) is 0.0139. The molecular formula is C11H25Cl2N3O. The maximum atomic E-state index is 11.5. The molecule has 17 heavy (non-hydrogen) atoms. The highest BCUT2D eigenvalue weighted by atomic mass is 35.5. The molecule has 104 valence electrons. The van der Waals surface area contributed by atoms with Gasteiger partial charge in [0, 0.05) is 19.1 Å². The summed E-state index contributed by atoms with van der Waals surface area (Å²) in [4.78, 5) is 13.7. The van der Waals surface area contributed by atoms with Crippen LogP contribution in [-0.4, -0.2) is 42.5 Å². The number of amides is 1. The van der Waals surface area contributed by atoms with Gasteiger partial charge in [-0.1, -0.05) is 6.92 Å². The first-order valence-corrected chi connectivity index (χ1v) is 5.77. The quantitative estimate of drug-likeness (QED) is 0.770. The van der Waals surface area contributed by atoms with Crippen LogP contribution < -0.4 is 11.1 Å². The van der Waals surface area contributed by atoms with Crippen molar-refractivity contribution in [1.82, 2.24) is 10.2 Å². The van der Waals surface area contributed by atoms with Crippen LogP contribution in [0, 0.1) is 0 Å². The third-order valence-corrected chi connectivity index (χ3v) is 3.33. The van der Waals surface area contributed by atoms with Gasteiger partial charge in [-0.2, -0.15) is 0 Å². The predicted octanol–water partition coefficient (Wildman–Crippen LogP) is 1.17. The van der Waals surface area contributed by atoms with Crippen LogP contribution in [0.15, 0.2) is 0 Å². The summed E-state index contributed by atoms with van der Waals surface area (Å²) >= 11 is 0. The Morgan fingerprint density at radius 1 is 1.47 bits per heavy atom. The van der Waals surface area contributed by atoms with Crippen LogP contribution in [0.25, 0.3) is 0 Å². The molecule has 1 amide bonds. The zero-order chi connectivity index (χ0) is 11.5. The Bertz CT molecular complexity index is 235. The third-order valence-electron chi connectivity index (χ3n) is 3.33. The number of carbonyl (C=O) groups is 1. The largest absolute Gasteiger partial charge is 0.353 e. The molecular weight excluding hydrogens is 261 g/mol. The highest BCUT2D eigenvalue weighted by Crippen LogP contribution is 2.31. The number of nitrogens with two attached hydrogens (primary N) is 1. The van der Waals surface area contributed by atoms with Gasteiger partial charge in [0.1, 0.15) is 0 Å². The first-order chi connectivity index (χ1) is 6.99. The summed E-state index contributed by atoms with van der Waals surface area (Å²) in [5, 5.41) is 2.89. The lowest BCUT2D eigenvalue weighted by atomic mass is 10.2. The molecule has 0 saturated heterocycles. The van der Waals surface area contributed by atoms with Crippen molar-refractivity contribution in [3.8, 4) is 0 Å². The Morgan fingerprint density at radius 3 is 2.41 bits per heavy atom. The van der Waals surface area contributed by atoms with E-state index in [1.54, 1.807) is 0 Å². The van der Waals surface area contributed by atoms with Gasteiger partial charge in [-0.3, -0.25) is 4.79 Å². The minimum Gasteiger partial charge on any atom is -0.353 e. The van der Waals surface area contributed by atoms with E-state index in [0.29, 0.717) is 12.6 Å². The van der Waals surface area contributed by atoms with Gasteiger partial charge >= 0.3 is 0 Å². The Kier molecular flexibility index (Phi) is 9.25. The molecule has 4 nitrogen and oxygen atoms in total. The van der Waals surface area contributed by atoms with Gasteiger partial charge in [-0.25, -0.2) is 0 Å². The Morgan fingerprint density at radius 2 is 2.00 bits per heavy atom. The summed E-state index contributed by atoms with van der Waals surface area (Å²) in [5.41, 5.74) is 5.23. The van der Waals surface area contributed by atoms with Crippen molar-refractivity contribution >= 4 is 30.7 Å². The van der Waals surface area contributed by atoms with Crippen molar-refractivity contribution in [3.05, 3.63) is 0 Å². The van der Waals surface area contributed by atoms with Gasteiger partial charge < -0.3 is 16.0 Å². The fourth-order valence-electron chi connectivity index (χ4n) is 1.42. The van der Waals surface area contributed by atoms with E-state index in [4.69, 9.17) is 5.73 Å². The number of nitrogens with zero attached hydrogens (tertiary/aromatic N) is 1. The second-order valence-electron chi connectivity index (χ2n) is 4.65. The number of hydrogen-bond donors (Lipinski definition) is 2. The first-order valence-electron chi connectivity index (χ1n) is 5.77. The van der Waals surface area contributed by atoms with E-state index in [1.165, 1.54) is 0 Å². The summed E-state index contributed by atoms with van der Waals surface area (Å²) in [6.45, 7) is 5.93. The summed E-state index contributed by atoms with van der Waals surface area (Å²) in [7, 11) is 2.08. The lowest BCUT2D eigenvalue weighted by molar-refractivity contribution is -0.123. The van der Waals surface area contributed by atoms with E-state index < -0.39 is 5.54 Å². The molecule has 0 heterocycles. The Balaban J connectivity index is 0. The van der Waals surface area contributed by atoms with Crippen molar-refractivity contribution in [1.29, 1.82) is 0 Å². The molecule has 1 rings (SSSR count). The number of halogens is 2. The average molecular weight is 286 g/mol. The van der Waals surface area contributed by atoms with Gasteiger partial charge in [0.25, 0.3) is 0 Å². The first kappa shape index (κ1) is 19.3. The van der Waals surface area contributed by atoms with Gasteiger partial charge in [0.2, 0.25) is 5.91 Å². The molecule has 1 fully saturated rings. The number of nitrogens with one attached hydrogen (secondary N) is 1. The smallest absolute Gasteiger partial charge is 0.240 e. The van der Waals surface area contributed by atoms with Crippen LogP contribution in [-0.2, 0) is 4.79 Å². The molecule has 0 bridgehead atoms. The zero-order valence-electron chi connectivity index (χ0n) is 10.9. The molecule has 0 aliphatic heterocycles. The maximum Gasteiger partial charge on any atom is 0.240 e. The number of carbonyl (C=O) groups excluding carboxylic acids is 1. The molecule has 1 saturated carbocycles. The monoisotopic (exact) mass is 285 g/mol. The lowest BCUT2D eigenvalue weighted by Crippen LogP contribution is -2.45. The molecule has 1 aliphatic carbocycles. The van der Waals surface area contributed by atoms with Crippen molar-refractivity contribution in [3.63, 3.8) is 0 Å². The molecule has 0 spiro atoms. The third kappa shape index (κ3) is 5.91. The minimum atomic E-state index is -0.533. The predicted molar refractivity (Wildman–Crippen MR) is 76.0 cm³/mol. The molecule has 3 N–H and O–H groups in total. The second kappa shape index (κ2) is 8.14. The molecule has 6 heteroatoms. The molecule has 1 atom stereocenters.